The molecule has 26 heavy (non-hydrogen) atoms. The summed E-state index contributed by atoms with van der Waals surface area (Å²) in [7, 11) is -3.69. The Morgan fingerprint density at radius 1 is 1.12 bits per heavy atom. The molecule has 2 aromatic carbocycles. The van der Waals surface area contributed by atoms with E-state index in [1.165, 1.54) is 46.8 Å². The first kappa shape index (κ1) is 18.5. The molecule has 0 aromatic heterocycles. The molecule has 0 aliphatic carbocycles. The maximum Gasteiger partial charge on any atom is 0.338 e. The minimum Gasteiger partial charge on any atom is -0.457 e. The van der Waals surface area contributed by atoms with Crippen LogP contribution in [0.1, 0.15) is 15.9 Å². The Hall–Kier alpha value is -2.29. The van der Waals surface area contributed by atoms with Gasteiger partial charge in [0.1, 0.15) is 12.4 Å². The highest BCUT2D eigenvalue weighted by atomic mass is 32.2. The number of hydrogen-bond donors (Lipinski definition) is 0. The van der Waals surface area contributed by atoms with E-state index < -0.39 is 21.8 Å². The van der Waals surface area contributed by atoms with Crippen LogP contribution in [-0.2, 0) is 26.1 Å². The van der Waals surface area contributed by atoms with Crippen LogP contribution in [0, 0.1) is 5.82 Å². The van der Waals surface area contributed by atoms with E-state index in [4.69, 9.17) is 9.47 Å². The Kier molecular flexibility index (Phi) is 5.65. The third kappa shape index (κ3) is 4.27. The van der Waals surface area contributed by atoms with E-state index in [9.17, 15) is 17.6 Å². The Labute approximate surface area is 151 Å². The summed E-state index contributed by atoms with van der Waals surface area (Å²) < 4.78 is 50.1. The fraction of sp³-hybridized carbons (Fsp3) is 0.278. The number of benzene rings is 2. The molecule has 0 saturated carbocycles. The quantitative estimate of drug-likeness (QED) is 0.745. The van der Waals surface area contributed by atoms with E-state index in [-0.39, 0.29) is 30.2 Å². The highest BCUT2D eigenvalue weighted by molar-refractivity contribution is 7.89. The SMILES string of the molecule is O=C(OCc1cccc(F)c1)c1cccc(S(=O)(=O)N2CCOCC2)c1. The average molecular weight is 379 g/mol. The maximum absolute atomic E-state index is 13.2. The van der Waals surface area contributed by atoms with Crippen molar-refractivity contribution in [1.29, 1.82) is 0 Å². The summed E-state index contributed by atoms with van der Waals surface area (Å²) in [6, 6.07) is 11.4. The molecule has 0 unspecified atom stereocenters. The molecule has 3 rings (SSSR count). The Balaban J connectivity index is 1.73. The molecule has 0 radical (unpaired) electrons. The first-order valence-corrected chi connectivity index (χ1v) is 9.50. The number of carbonyl (C=O) groups excluding carboxylic acids is 1. The zero-order valence-electron chi connectivity index (χ0n) is 13.9. The molecular weight excluding hydrogens is 361 g/mol. The molecule has 1 saturated heterocycles. The Morgan fingerprint density at radius 3 is 2.58 bits per heavy atom. The number of morpholine rings is 1. The summed E-state index contributed by atoms with van der Waals surface area (Å²) in [5, 5.41) is 0. The van der Waals surface area contributed by atoms with Crippen molar-refractivity contribution in [2.45, 2.75) is 11.5 Å². The molecule has 1 fully saturated rings. The van der Waals surface area contributed by atoms with Crippen LogP contribution < -0.4 is 0 Å². The third-order valence-corrected chi connectivity index (χ3v) is 5.83. The van der Waals surface area contributed by atoms with Gasteiger partial charge in [0, 0.05) is 13.1 Å². The zero-order chi connectivity index (χ0) is 18.6. The Morgan fingerprint density at radius 2 is 1.85 bits per heavy atom. The van der Waals surface area contributed by atoms with Gasteiger partial charge in [-0.2, -0.15) is 4.31 Å². The lowest BCUT2D eigenvalue weighted by Crippen LogP contribution is -2.40. The fourth-order valence-electron chi connectivity index (χ4n) is 2.58. The van der Waals surface area contributed by atoms with Crippen LogP contribution in [-0.4, -0.2) is 45.0 Å². The van der Waals surface area contributed by atoms with Crippen molar-refractivity contribution in [1.82, 2.24) is 4.31 Å². The number of sulfonamides is 1. The number of esters is 1. The highest BCUT2D eigenvalue weighted by Gasteiger charge is 2.27. The summed E-state index contributed by atoms with van der Waals surface area (Å²) in [4.78, 5) is 12.2. The summed E-state index contributed by atoms with van der Waals surface area (Å²) in [5.74, 6) is -1.09. The minimum absolute atomic E-state index is 0.0274. The van der Waals surface area contributed by atoms with Crippen molar-refractivity contribution < 1.29 is 27.1 Å². The van der Waals surface area contributed by atoms with Crippen LogP contribution >= 0.6 is 0 Å². The van der Waals surface area contributed by atoms with Gasteiger partial charge in [-0.25, -0.2) is 17.6 Å². The maximum atomic E-state index is 13.2. The molecule has 0 atom stereocenters. The van der Waals surface area contributed by atoms with Gasteiger partial charge in [0.15, 0.2) is 0 Å². The van der Waals surface area contributed by atoms with Crippen LogP contribution in [0.5, 0.6) is 0 Å². The van der Waals surface area contributed by atoms with Gasteiger partial charge in [-0.05, 0) is 35.9 Å². The molecule has 0 amide bonds. The van der Waals surface area contributed by atoms with Crippen molar-refractivity contribution in [3.05, 3.63) is 65.5 Å². The van der Waals surface area contributed by atoms with Gasteiger partial charge in [-0.3, -0.25) is 0 Å². The Bertz CT molecular complexity index is 894. The summed E-state index contributed by atoms with van der Waals surface area (Å²) in [6.07, 6.45) is 0. The summed E-state index contributed by atoms with van der Waals surface area (Å²) in [5.41, 5.74) is 0.631. The number of ether oxygens (including phenoxy) is 2. The molecule has 1 heterocycles. The number of halogens is 1. The minimum atomic E-state index is -3.69. The second-order valence-corrected chi connectivity index (χ2v) is 7.69. The third-order valence-electron chi connectivity index (χ3n) is 3.94. The van der Waals surface area contributed by atoms with Gasteiger partial charge < -0.3 is 9.47 Å². The van der Waals surface area contributed by atoms with Crippen LogP contribution in [0.25, 0.3) is 0 Å². The predicted octanol–water partition coefficient (Wildman–Crippen LogP) is 2.20. The zero-order valence-corrected chi connectivity index (χ0v) is 14.7. The van der Waals surface area contributed by atoms with Gasteiger partial charge in [-0.1, -0.05) is 18.2 Å². The molecule has 0 spiro atoms. The van der Waals surface area contributed by atoms with Crippen molar-refractivity contribution >= 4 is 16.0 Å². The fourth-order valence-corrected chi connectivity index (χ4v) is 4.03. The average Bonchev–Trinajstić information content (AvgIpc) is 2.67. The monoisotopic (exact) mass is 379 g/mol. The summed E-state index contributed by atoms with van der Waals surface area (Å²) >= 11 is 0. The predicted molar refractivity (Wildman–Crippen MR) is 91.5 cm³/mol. The lowest BCUT2D eigenvalue weighted by molar-refractivity contribution is 0.0472. The second kappa shape index (κ2) is 7.94. The van der Waals surface area contributed by atoms with E-state index in [0.29, 0.717) is 18.8 Å². The topological polar surface area (TPSA) is 72.9 Å². The molecule has 0 N–H and O–H groups in total. The van der Waals surface area contributed by atoms with Crippen molar-refractivity contribution in [3.63, 3.8) is 0 Å². The van der Waals surface area contributed by atoms with Crippen LogP contribution in [0.15, 0.2) is 53.4 Å². The molecule has 2 aromatic rings. The molecule has 138 valence electrons. The number of rotatable bonds is 5. The van der Waals surface area contributed by atoms with Crippen LogP contribution in [0.2, 0.25) is 0 Å². The molecule has 1 aliphatic rings. The highest BCUT2D eigenvalue weighted by Crippen LogP contribution is 2.19. The van der Waals surface area contributed by atoms with Gasteiger partial charge in [0.25, 0.3) is 0 Å². The van der Waals surface area contributed by atoms with E-state index >= 15 is 0 Å². The molecule has 0 bridgehead atoms. The van der Waals surface area contributed by atoms with Crippen LogP contribution in [0.4, 0.5) is 4.39 Å². The first-order valence-electron chi connectivity index (χ1n) is 8.06. The van der Waals surface area contributed by atoms with Gasteiger partial charge in [0.2, 0.25) is 10.0 Å². The van der Waals surface area contributed by atoms with E-state index in [2.05, 4.69) is 0 Å². The van der Waals surface area contributed by atoms with Crippen molar-refractivity contribution in [2.24, 2.45) is 0 Å². The number of nitrogens with zero attached hydrogens (tertiary/aromatic N) is 1. The lowest BCUT2D eigenvalue weighted by atomic mass is 10.2. The smallest absolute Gasteiger partial charge is 0.338 e. The first-order chi connectivity index (χ1) is 12.5. The van der Waals surface area contributed by atoms with Crippen LogP contribution in [0.3, 0.4) is 0 Å². The van der Waals surface area contributed by atoms with Crippen molar-refractivity contribution in [3.8, 4) is 0 Å². The van der Waals surface area contributed by atoms with Gasteiger partial charge in [0.05, 0.1) is 23.7 Å². The molecule has 6 nitrogen and oxygen atoms in total. The standard InChI is InChI=1S/C18H18FNO5S/c19-16-5-1-3-14(11-16)13-25-18(21)15-4-2-6-17(12-15)26(22,23)20-7-9-24-10-8-20/h1-6,11-12H,7-10,13H2. The van der Waals surface area contributed by atoms with Crippen molar-refractivity contribution in [2.75, 3.05) is 26.3 Å². The molecule has 8 heteroatoms. The largest absolute Gasteiger partial charge is 0.457 e. The van der Waals surface area contributed by atoms with E-state index in [0.717, 1.165) is 0 Å². The lowest BCUT2D eigenvalue weighted by Gasteiger charge is -2.26. The molecule has 1 aliphatic heterocycles. The second-order valence-electron chi connectivity index (χ2n) is 5.75. The van der Waals surface area contributed by atoms with E-state index in [1.54, 1.807) is 6.07 Å². The van der Waals surface area contributed by atoms with Gasteiger partial charge >= 0.3 is 5.97 Å². The number of hydrogen-bond acceptors (Lipinski definition) is 5. The van der Waals surface area contributed by atoms with E-state index in [1.807, 2.05) is 0 Å². The normalized spacial score (nSPS) is 15.6. The molecular formula is C18H18FNO5S. The van der Waals surface area contributed by atoms with Gasteiger partial charge in [-0.15, -0.1) is 0 Å². The summed E-state index contributed by atoms with van der Waals surface area (Å²) in [6.45, 7) is 1.13. The number of carbonyl (C=O) groups is 1.